The monoisotopic (exact) mass is 263 g/mol. The van der Waals surface area contributed by atoms with Crippen LogP contribution in [0.15, 0.2) is 12.1 Å². The molecule has 0 spiro atoms. The second-order valence-electron chi connectivity index (χ2n) is 5.76. The number of nitrogens with zero attached hydrogens (tertiary/aromatic N) is 2. The van der Waals surface area contributed by atoms with Crippen molar-refractivity contribution in [2.45, 2.75) is 47.1 Å². The molecule has 0 saturated carbocycles. The number of aromatic nitrogens is 1. The van der Waals surface area contributed by atoms with Gasteiger partial charge in [-0.05, 0) is 49.9 Å². The zero-order valence-corrected chi connectivity index (χ0v) is 13.2. The summed E-state index contributed by atoms with van der Waals surface area (Å²) in [6.07, 6.45) is 2.38. The highest BCUT2D eigenvalue weighted by Crippen LogP contribution is 2.15. The van der Waals surface area contributed by atoms with Crippen LogP contribution in [0.4, 0.5) is 5.82 Å². The average molecular weight is 263 g/mol. The lowest BCUT2D eigenvalue weighted by atomic mass is 10.1. The molecule has 1 N–H and O–H groups in total. The summed E-state index contributed by atoms with van der Waals surface area (Å²) in [6, 6.07) is 4.37. The number of aryl methyl sites for hydroxylation is 1. The third kappa shape index (κ3) is 6.06. The predicted molar refractivity (Wildman–Crippen MR) is 83.7 cm³/mol. The first-order chi connectivity index (χ1) is 9.02. The van der Waals surface area contributed by atoms with Crippen LogP contribution in [0.5, 0.6) is 0 Å². The van der Waals surface area contributed by atoms with Gasteiger partial charge in [-0.3, -0.25) is 0 Å². The maximum absolute atomic E-state index is 4.64. The number of nitrogens with one attached hydrogen (secondary N) is 1. The molecule has 0 aliphatic rings. The predicted octanol–water partition coefficient (Wildman–Crippen LogP) is 3.37. The highest BCUT2D eigenvalue weighted by atomic mass is 15.2. The van der Waals surface area contributed by atoms with Crippen LogP contribution in [-0.2, 0) is 6.54 Å². The molecule has 0 amide bonds. The Morgan fingerprint density at radius 2 is 2.05 bits per heavy atom. The molecule has 3 nitrogen and oxygen atoms in total. The van der Waals surface area contributed by atoms with Gasteiger partial charge in [0.05, 0.1) is 0 Å². The number of anilines is 1. The van der Waals surface area contributed by atoms with E-state index in [0.29, 0.717) is 0 Å². The van der Waals surface area contributed by atoms with Crippen LogP contribution in [0.3, 0.4) is 0 Å². The third-order valence-electron chi connectivity index (χ3n) is 3.19. The molecule has 0 unspecified atom stereocenters. The first kappa shape index (κ1) is 16.0. The minimum atomic E-state index is 0.734. The zero-order valence-electron chi connectivity index (χ0n) is 13.2. The van der Waals surface area contributed by atoms with Crippen molar-refractivity contribution in [1.29, 1.82) is 0 Å². The normalized spacial score (nSPS) is 11.1. The Balaban J connectivity index is 2.66. The van der Waals surface area contributed by atoms with E-state index in [-0.39, 0.29) is 0 Å². The van der Waals surface area contributed by atoms with Crippen molar-refractivity contribution < 1.29 is 0 Å². The number of rotatable bonds is 8. The Hall–Kier alpha value is -1.09. The van der Waals surface area contributed by atoms with Gasteiger partial charge in [0.25, 0.3) is 0 Å². The lowest BCUT2D eigenvalue weighted by Gasteiger charge is -2.20. The van der Waals surface area contributed by atoms with Crippen molar-refractivity contribution in [2.75, 3.05) is 25.0 Å². The number of pyridine rings is 1. The van der Waals surface area contributed by atoms with Crippen LogP contribution in [0.1, 0.15) is 44.9 Å². The molecule has 0 radical (unpaired) electrons. The molecular formula is C16H29N3. The molecule has 1 heterocycles. The first-order valence-corrected chi connectivity index (χ1v) is 7.42. The van der Waals surface area contributed by atoms with E-state index < -0.39 is 0 Å². The second-order valence-corrected chi connectivity index (χ2v) is 5.76. The molecule has 1 rings (SSSR count). The van der Waals surface area contributed by atoms with Gasteiger partial charge in [-0.15, -0.1) is 0 Å². The SMILES string of the molecule is CCCNCc1cc(C)nc(N(C)CCC(C)C)c1. The fourth-order valence-electron chi connectivity index (χ4n) is 1.99. The Labute approximate surface area is 118 Å². The molecule has 0 bridgehead atoms. The molecule has 0 atom stereocenters. The summed E-state index contributed by atoms with van der Waals surface area (Å²) in [5, 5.41) is 3.45. The first-order valence-electron chi connectivity index (χ1n) is 7.42. The van der Waals surface area contributed by atoms with Gasteiger partial charge in [0.2, 0.25) is 0 Å². The van der Waals surface area contributed by atoms with Crippen LogP contribution in [0, 0.1) is 12.8 Å². The van der Waals surface area contributed by atoms with Crippen molar-refractivity contribution in [2.24, 2.45) is 5.92 Å². The fraction of sp³-hybridized carbons (Fsp3) is 0.688. The summed E-state index contributed by atoms with van der Waals surface area (Å²) in [5.41, 5.74) is 2.43. The summed E-state index contributed by atoms with van der Waals surface area (Å²) < 4.78 is 0. The van der Waals surface area contributed by atoms with E-state index in [9.17, 15) is 0 Å². The van der Waals surface area contributed by atoms with Gasteiger partial charge < -0.3 is 10.2 Å². The molecule has 0 saturated heterocycles. The Morgan fingerprint density at radius 1 is 1.32 bits per heavy atom. The van der Waals surface area contributed by atoms with E-state index in [1.807, 2.05) is 0 Å². The summed E-state index contributed by atoms with van der Waals surface area (Å²) in [7, 11) is 2.13. The maximum atomic E-state index is 4.64. The second kappa shape index (κ2) is 8.16. The molecule has 19 heavy (non-hydrogen) atoms. The van der Waals surface area contributed by atoms with Crippen molar-refractivity contribution in [3.8, 4) is 0 Å². The van der Waals surface area contributed by atoms with Crippen LogP contribution in [-0.4, -0.2) is 25.1 Å². The highest BCUT2D eigenvalue weighted by molar-refractivity contribution is 5.41. The molecule has 1 aromatic heterocycles. The molecule has 1 aromatic rings. The number of hydrogen-bond acceptors (Lipinski definition) is 3. The quantitative estimate of drug-likeness (QED) is 0.729. The largest absolute Gasteiger partial charge is 0.360 e. The van der Waals surface area contributed by atoms with E-state index in [1.165, 1.54) is 18.4 Å². The third-order valence-corrected chi connectivity index (χ3v) is 3.19. The van der Waals surface area contributed by atoms with Crippen molar-refractivity contribution >= 4 is 5.82 Å². The van der Waals surface area contributed by atoms with Crippen molar-refractivity contribution in [3.63, 3.8) is 0 Å². The Bertz CT molecular complexity index is 374. The molecule has 0 aromatic carbocycles. The minimum absolute atomic E-state index is 0.734. The lowest BCUT2D eigenvalue weighted by Crippen LogP contribution is -2.22. The Morgan fingerprint density at radius 3 is 2.68 bits per heavy atom. The van der Waals surface area contributed by atoms with Crippen LogP contribution < -0.4 is 10.2 Å². The van der Waals surface area contributed by atoms with Gasteiger partial charge >= 0.3 is 0 Å². The van der Waals surface area contributed by atoms with Gasteiger partial charge in [0, 0.05) is 25.8 Å². The molecular weight excluding hydrogens is 234 g/mol. The summed E-state index contributed by atoms with van der Waals surface area (Å²) in [4.78, 5) is 6.90. The molecule has 3 heteroatoms. The van der Waals surface area contributed by atoms with Gasteiger partial charge in [0.15, 0.2) is 0 Å². The van der Waals surface area contributed by atoms with E-state index >= 15 is 0 Å². The number of hydrogen-bond donors (Lipinski definition) is 1. The van der Waals surface area contributed by atoms with Gasteiger partial charge in [-0.25, -0.2) is 4.98 Å². The van der Waals surface area contributed by atoms with Crippen LogP contribution in [0.25, 0.3) is 0 Å². The molecule has 108 valence electrons. The molecule has 0 aliphatic heterocycles. The van der Waals surface area contributed by atoms with Crippen molar-refractivity contribution in [1.82, 2.24) is 10.3 Å². The standard InChI is InChI=1S/C16H29N3/c1-6-8-17-12-15-10-14(4)18-16(11-15)19(5)9-7-13(2)3/h10-11,13,17H,6-9,12H2,1-5H3. The van der Waals surface area contributed by atoms with Gasteiger partial charge in [-0.2, -0.15) is 0 Å². The molecule has 0 aliphatic carbocycles. The lowest BCUT2D eigenvalue weighted by molar-refractivity contribution is 0.583. The molecule has 0 fully saturated rings. The maximum Gasteiger partial charge on any atom is 0.128 e. The average Bonchev–Trinajstić information content (AvgIpc) is 2.35. The van der Waals surface area contributed by atoms with Gasteiger partial charge in [0.1, 0.15) is 5.82 Å². The summed E-state index contributed by atoms with van der Waals surface area (Å²) in [5.74, 6) is 1.83. The smallest absolute Gasteiger partial charge is 0.128 e. The minimum Gasteiger partial charge on any atom is -0.360 e. The van der Waals surface area contributed by atoms with Crippen LogP contribution >= 0.6 is 0 Å². The van der Waals surface area contributed by atoms with E-state index in [4.69, 9.17) is 0 Å². The van der Waals surface area contributed by atoms with Gasteiger partial charge in [-0.1, -0.05) is 20.8 Å². The van der Waals surface area contributed by atoms with E-state index in [2.05, 4.69) is 62.1 Å². The fourth-order valence-corrected chi connectivity index (χ4v) is 1.99. The van der Waals surface area contributed by atoms with E-state index in [0.717, 1.165) is 37.1 Å². The van der Waals surface area contributed by atoms with Crippen LogP contribution in [0.2, 0.25) is 0 Å². The summed E-state index contributed by atoms with van der Waals surface area (Å²) >= 11 is 0. The van der Waals surface area contributed by atoms with Crippen molar-refractivity contribution in [3.05, 3.63) is 23.4 Å². The van der Waals surface area contributed by atoms with E-state index in [1.54, 1.807) is 0 Å². The summed E-state index contributed by atoms with van der Waals surface area (Å²) in [6.45, 7) is 11.9. The Kier molecular flexibility index (Phi) is 6.85. The highest BCUT2D eigenvalue weighted by Gasteiger charge is 2.06. The topological polar surface area (TPSA) is 28.2 Å². The zero-order chi connectivity index (χ0) is 14.3.